The lowest BCUT2D eigenvalue weighted by Gasteiger charge is -2.07. The Morgan fingerprint density at radius 1 is 0.850 bits per heavy atom. The van der Waals surface area contributed by atoms with Crippen molar-refractivity contribution in [2.75, 3.05) is 5.32 Å². The number of fused-ring (bicyclic) bond motifs is 1. The summed E-state index contributed by atoms with van der Waals surface area (Å²) < 4.78 is 0. The lowest BCUT2D eigenvalue weighted by molar-refractivity contribution is 0.102. The van der Waals surface area contributed by atoms with E-state index in [1.807, 2.05) is 36.4 Å². The maximum Gasteiger partial charge on any atom is 0.255 e. The highest BCUT2D eigenvalue weighted by Gasteiger charge is 2.08. The van der Waals surface area contributed by atoms with Crippen LogP contribution in [0.3, 0.4) is 0 Å². The summed E-state index contributed by atoms with van der Waals surface area (Å²) in [6.45, 7) is 0. The summed E-state index contributed by atoms with van der Waals surface area (Å²) >= 11 is 0. The van der Waals surface area contributed by atoms with Crippen LogP contribution in [0.5, 0.6) is 5.75 Å². The monoisotopic (exact) mass is 263 g/mol. The Morgan fingerprint density at radius 3 is 2.35 bits per heavy atom. The van der Waals surface area contributed by atoms with Gasteiger partial charge >= 0.3 is 0 Å². The lowest BCUT2D eigenvalue weighted by atomic mass is 10.1. The minimum absolute atomic E-state index is 0.0571. The van der Waals surface area contributed by atoms with Gasteiger partial charge in [-0.3, -0.25) is 4.79 Å². The molecule has 2 N–H and O–H groups in total. The van der Waals surface area contributed by atoms with Gasteiger partial charge in [0.1, 0.15) is 5.75 Å². The van der Waals surface area contributed by atoms with Gasteiger partial charge in [-0.05, 0) is 35.0 Å². The molecule has 0 radical (unpaired) electrons. The minimum atomic E-state index is -0.239. The van der Waals surface area contributed by atoms with E-state index in [4.69, 9.17) is 0 Å². The van der Waals surface area contributed by atoms with Crippen LogP contribution in [-0.4, -0.2) is 11.0 Å². The van der Waals surface area contributed by atoms with Crippen LogP contribution in [0, 0.1) is 0 Å². The zero-order valence-electron chi connectivity index (χ0n) is 10.7. The normalized spacial score (nSPS) is 10.4. The fraction of sp³-hybridized carbons (Fsp3) is 0. The number of phenols is 1. The highest BCUT2D eigenvalue weighted by atomic mass is 16.3. The molecule has 0 aliphatic heterocycles. The molecule has 0 bridgehead atoms. The van der Waals surface area contributed by atoms with Gasteiger partial charge in [-0.1, -0.05) is 42.5 Å². The van der Waals surface area contributed by atoms with Crippen molar-refractivity contribution in [3.8, 4) is 5.75 Å². The number of nitrogens with one attached hydrogen (secondary N) is 1. The van der Waals surface area contributed by atoms with Crippen molar-refractivity contribution in [3.63, 3.8) is 0 Å². The number of aromatic hydroxyl groups is 1. The molecule has 20 heavy (non-hydrogen) atoms. The summed E-state index contributed by atoms with van der Waals surface area (Å²) in [5, 5.41) is 14.5. The predicted octanol–water partition coefficient (Wildman–Crippen LogP) is 3.80. The molecule has 0 aliphatic rings. The van der Waals surface area contributed by atoms with E-state index in [0.29, 0.717) is 11.3 Å². The molecule has 3 aromatic rings. The van der Waals surface area contributed by atoms with Crippen molar-refractivity contribution in [1.29, 1.82) is 0 Å². The molecule has 3 heteroatoms. The topological polar surface area (TPSA) is 49.3 Å². The average molecular weight is 263 g/mol. The summed E-state index contributed by atoms with van der Waals surface area (Å²) in [6.07, 6.45) is 0. The first-order valence-electron chi connectivity index (χ1n) is 6.32. The summed E-state index contributed by atoms with van der Waals surface area (Å²) in [5.41, 5.74) is 0.970. The maximum atomic E-state index is 12.2. The number of rotatable bonds is 2. The number of carbonyl (C=O) groups is 1. The molecule has 0 spiro atoms. The maximum absolute atomic E-state index is 12.2. The molecule has 0 unspecified atom stereocenters. The largest absolute Gasteiger partial charge is 0.506 e. The molecule has 0 aromatic heterocycles. The van der Waals surface area contributed by atoms with Crippen molar-refractivity contribution >= 4 is 22.4 Å². The van der Waals surface area contributed by atoms with Crippen molar-refractivity contribution in [1.82, 2.24) is 0 Å². The van der Waals surface area contributed by atoms with Crippen molar-refractivity contribution in [2.24, 2.45) is 0 Å². The second-order valence-corrected chi connectivity index (χ2v) is 4.53. The van der Waals surface area contributed by atoms with Crippen LogP contribution >= 0.6 is 0 Å². The highest BCUT2D eigenvalue weighted by Crippen LogP contribution is 2.23. The molecule has 1 amide bonds. The Labute approximate surface area is 116 Å². The van der Waals surface area contributed by atoms with Gasteiger partial charge in [0.05, 0.1) is 5.69 Å². The predicted molar refractivity (Wildman–Crippen MR) is 80.0 cm³/mol. The van der Waals surface area contributed by atoms with Gasteiger partial charge in [0.2, 0.25) is 0 Å². The molecule has 0 heterocycles. The molecule has 0 atom stereocenters. The first kappa shape index (κ1) is 12.2. The average Bonchev–Trinajstić information content (AvgIpc) is 2.49. The van der Waals surface area contributed by atoms with Gasteiger partial charge in [0.15, 0.2) is 0 Å². The van der Waals surface area contributed by atoms with E-state index >= 15 is 0 Å². The number of amides is 1. The van der Waals surface area contributed by atoms with Gasteiger partial charge in [-0.25, -0.2) is 0 Å². The van der Waals surface area contributed by atoms with Gasteiger partial charge < -0.3 is 10.4 Å². The molecule has 0 saturated carbocycles. The van der Waals surface area contributed by atoms with Gasteiger partial charge in [0, 0.05) is 5.56 Å². The van der Waals surface area contributed by atoms with E-state index in [-0.39, 0.29) is 11.7 Å². The van der Waals surface area contributed by atoms with Crippen molar-refractivity contribution in [2.45, 2.75) is 0 Å². The highest BCUT2D eigenvalue weighted by molar-refractivity contribution is 6.07. The van der Waals surface area contributed by atoms with E-state index < -0.39 is 0 Å². The number of para-hydroxylation sites is 2. The molecule has 3 nitrogen and oxygen atoms in total. The van der Waals surface area contributed by atoms with Crippen molar-refractivity contribution in [3.05, 3.63) is 72.3 Å². The SMILES string of the molecule is O=C(Nc1ccccc1O)c1ccc2ccccc2c1. The van der Waals surface area contributed by atoms with Crippen LogP contribution in [0.25, 0.3) is 10.8 Å². The molecular formula is C17H13NO2. The second-order valence-electron chi connectivity index (χ2n) is 4.53. The second kappa shape index (κ2) is 5.05. The lowest BCUT2D eigenvalue weighted by Crippen LogP contribution is -2.11. The Morgan fingerprint density at radius 2 is 1.55 bits per heavy atom. The zero-order chi connectivity index (χ0) is 13.9. The first-order chi connectivity index (χ1) is 9.74. The summed E-state index contributed by atoms with van der Waals surface area (Å²) in [6, 6.07) is 20.1. The van der Waals surface area contributed by atoms with E-state index in [2.05, 4.69) is 5.32 Å². The smallest absolute Gasteiger partial charge is 0.255 e. The summed E-state index contributed by atoms with van der Waals surface area (Å²) in [5.74, 6) is -0.182. The molecule has 0 fully saturated rings. The van der Waals surface area contributed by atoms with Crippen LogP contribution in [0.15, 0.2) is 66.7 Å². The third-order valence-corrected chi connectivity index (χ3v) is 3.16. The van der Waals surface area contributed by atoms with E-state index in [9.17, 15) is 9.90 Å². The Bertz CT molecular complexity index is 781. The molecule has 3 rings (SSSR count). The number of phenolic OH excluding ortho intramolecular Hbond substituents is 1. The number of carbonyl (C=O) groups excluding carboxylic acids is 1. The fourth-order valence-corrected chi connectivity index (χ4v) is 2.10. The molecule has 3 aromatic carbocycles. The number of hydrogen-bond acceptors (Lipinski definition) is 2. The quantitative estimate of drug-likeness (QED) is 0.691. The van der Waals surface area contributed by atoms with Crippen LogP contribution in [0.2, 0.25) is 0 Å². The van der Waals surface area contributed by atoms with Crippen LogP contribution in [0.1, 0.15) is 10.4 Å². The first-order valence-corrected chi connectivity index (χ1v) is 6.32. The standard InChI is InChI=1S/C17H13NO2/c19-16-8-4-3-7-15(16)18-17(20)14-10-9-12-5-1-2-6-13(12)11-14/h1-11,19H,(H,18,20). The number of hydrogen-bond donors (Lipinski definition) is 2. The Balaban J connectivity index is 1.91. The number of benzene rings is 3. The van der Waals surface area contributed by atoms with Crippen molar-refractivity contribution < 1.29 is 9.90 Å². The Kier molecular flexibility index (Phi) is 3.09. The molecule has 98 valence electrons. The fourth-order valence-electron chi connectivity index (χ4n) is 2.10. The third-order valence-electron chi connectivity index (χ3n) is 3.16. The molecule has 0 aliphatic carbocycles. The van der Waals surface area contributed by atoms with Crippen LogP contribution < -0.4 is 5.32 Å². The van der Waals surface area contributed by atoms with Crippen LogP contribution in [0.4, 0.5) is 5.69 Å². The van der Waals surface area contributed by atoms with Crippen LogP contribution in [-0.2, 0) is 0 Å². The summed E-state index contributed by atoms with van der Waals surface area (Å²) in [4.78, 5) is 12.2. The van der Waals surface area contributed by atoms with E-state index in [0.717, 1.165) is 10.8 Å². The molecular weight excluding hydrogens is 250 g/mol. The van der Waals surface area contributed by atoms with Gasteiger partial charge in [-0.2, -0.15) is 0 Å². The Hall–Kier alpha value is -2.81. The number of anilines is 1. The third kappa shape index (κ3) is 2.34. The minimum Gasteiger partial charge on any atom is -0.506 e. The summed E-state index contributed by atoms with van der Waals surface area (Å²) in [7, 11) is 0. The van der Waals surface area contributed by atoms with Gasteiger partial charge in [-0.15, -0.1) is 0 Å². The molecule has 0 saturated heterocycles. The van der Waals surface area contributed by atoms with Gasteiger partial charge in [0.25, 0.3) is 5.91 Å². The van der Waals surface area contributed by atoms with E-state index in [1.165, 1.54) is 6.07 Å². The van der Waals surface area contributed by atoms with E-state index in [1.54, 1.807) is 24.3 Å². The zero-order valence-corrected chi connectivity index (χ0v) is 10.7.